The van der Waals surface area contributed by atoms with Crippen molar-refractivity contribution in [2.24, 2.45) is 5.92 Å². The number of hydrogen-bond acceptors (Lipinski definition) is 6. The van der Waals surface area contributed by atoms with E-state index in [2.05, 4.69) is 22.1 Å². The predicted molar refractivity (Wildman–Crippen MR) is 99.4 cm³/mol. The number of nitro groups is 1. The first kappa shape index (κ1) is 15.4. The summed E-state index contributed by atoms with van der Waals surface area (Å²) in [5.41, 5.74) is 2.82. The van der Waals surface area contributed by atoms with Crippen molar-refractivity contribution < 1.29 is 4.92 Å². The zero-order valence-electron chi connectivity index (χ0n) is 14.0. The molecule has 1 aromatic carbocycles. The Kier molecular flexibility index (Phi) is 3.30. The standard InChI is InChI=1S/C18H15N5O2S/c1-10-5-6-13-14(7-10)26-18-15(13)17-21-20-16(22(17)9-19-18)11-3-2-4-12(8-11)23(24)25/h2-4,8-10H,5-7H2,1H3/t10-/m0/s1. The minimum atomic E-state index is -0.403. The summed E-state index contributed by atoms with van der Waals surface area (Å²) in [5.74, 6) is 1.27. The Bertz CT molecular complexity index is 1180. The normalized spacial score (nSPS) is 16.9. The number of aromatic nitrogens is 4. The molecule has 3 heterocycles. The molecule has 1 aliphatic rings. The highest BCUT2D eigenvalue weighted by atomic mass is 32.1. The minimum Gasteiger partial charge on any atom is -0.265 e. The van der Waals surface area contributed by atoms with E-state index in [1.54, 1.807) is 29.8 Å². The molecule has 7 nitrogen and oxygen atoms in total. The molecule has 26 heavy (non-hydrogen) atoms. The van der Waals surface area contributed by atoms with Gasteiger partial charge in [0.15, 0.2) is 11.5 Å². The van der Waals surface area contributed by atoms with E-state index in [4.69, 9.17) is 0 Å². The van der Waals surface area contributed by atoms with Gasteiger partial charge in [0.2, 0.25) is 0 Å². The summed E-state index contributed by atoms with van der Waals surface area (Å²) in [6.45, 7) is 2.29. The fraction of sp³-hybridized carbons (Fsp3) is 0.278. The van der Waals surface area contributed by atoms with Crippen LogP contribution in [-0.2, 0) is 12.8 Å². The quantitative estimate of drug-likeness (QED) is 0.395. The second-order valence-corrected chi connectivity index (χ2v) is 7.88. The van der Waals surface area contributed by atoms with Crippen LogP contribution in [0.4, 0.5) is 5.69 Å². The third kappa shape index (κ3) is 2.22. The van der Waals surface area contributed by atoms with Crippen LogP contribution >= 0.6 is 11.3 Å². The summed E-state index contributed by atoms with van der Waals surface area (Å²) in [7, 11) is 0. The molecule has 1 atom stereocenters. The van der Waals surface area contributed by atoms with E-state index in [9.17, 15) is 10.1 Å². The summed E-state index contributed by atoms with van der Waals surface area (Å²) in [5, 5.41) is 20.9. The van der Waals surface area contributed by atoms with Crippen molar-refractivity contribution in [3.05, 3.63) is 51.1 Å². The van der Waals surface area contributed by atoms with Crippen LogP contribution in [0.25, 0.3) is 27.3 Å². The van der Waals surface area contributed by atoms with Gasteiger partial charge in [-0.1, -0.05) is 19.1 Å². The molecule has 0 fully saturated rings. The second-order valence-electron chi connectivity index (χ2n) is 6.80. The largest absolute Gasteiger partial charge is 0.270 e. The van der Waals surface area contributed by atoms with Crippen molar-refractivity contribution in [3.63, 3.8) is 0 Å². The zero-order valence-corrected chi connectivity index (χ0v) is 14.9. The van der Waals surface area contributed by atoms with Gasteiger partial charge in [0, 0.05) is 22.6 Å². The van der Waals surface area contributed by atoms with Crippen LogP contribution in [0.2, 0.25) is 0 Å². The van der Waals surface area contributed by atoms with Gasteiger partial charge in [0.05, 0.1) is 10.3 Å². The average Bonchev–Trinajstić information content (AvgIpc) is 3.21. The number of hydrogen-bond donors (Lipinski definition) is 0. The Labute approximate surface area is 152 Å². The molecular formula is C18H15N5O2S. The average molecular weight is 365 g/mol. The van der Waals surface area contributed by atoms with Crippen molar-refractivity contribution in [2.45, 2.75) is 26.2 Å². The van der Waals surface area contributed by atoms with E-state index in [1.165, 1.54) is 29.0 Å². The van der Waals surface area contributed by atoms with Crippen molar-refractivity contribution in [2.75, 3.05) is 0 Å². The number of nitrogens with zero attached hydrogens (tertiary/aromatic N) is 5. The van der Waals surface area contributed by atoms with Gasteiger partial charge in [0.1, 0.15) is 11.2 Å². The van der Waals surface area contributed by atoms with Crippen molar-refractivity contribution in [1.29, 1.82) is 0 Å². The SMILES string of the molecule is C[C@H]1CCc2c(sc3ncn4c(-c5cccc([N+](=O)[O-])c5)nnc4c23)C1. The Hall–Kier alpha value is -2.87. The number of aryl methyl sites for hydroxylation is 1. The highest BCUT2D eigenvalue weighted by molar-refractivity contribution is 7.19. The fourth-order valence-corrected chi connectivity index (χ4v) is 5.04. The highest BCUT2D eigenvalue weighted by Gasteiger charge is 2.24. The first-order valence-corrected chi connectivity index (χ1v) is 9.32. The molecule has 0 radical (unpaired) electrons. The third-order valence-electron chi connectivity index (χ3n) is 5.02. The van der Waals surface area contributed by atoms with Crippen molar-refractivity contribution >= 4 is 32.9 Å². The summed E-state index contributed by atoms with van der Waals surface area (Å²) >= 11 is 1.75. The zero-order chi connectivity index (χ0) is 17.8. The maximum atomic E-state index is 11.1. The lowest BCUT2D eigenvalue weighted by atomic mass is 9.89. The Morgan fingerprint density at radius 3 is 3.08 bits per heavy atom. The predicted octanol–water partition coefficient (Wildman–Crippen LogP) is 4.04. The van der Waals surface area contributed by atoms with E-state index < -0.39 is 4.92 Å². The molecule has 0 N–H and O–H groups in total. The molecule has 0 aliphatic heterocycles. The number of fused-ring (bicyclic) bond motifs is 5. The van der Waals surface area contributed by atoms with E-state index in [0.717, 1.165) is 28.7 Å². The molecule has 0 amide bonds. The van der Waals surface area contributed by atoms with Gasteiger partial charge >= 0.3 is 0 Å². The van der Waals surface area contributed by atoms with Gasteiger partial charge in [0.25, 0.3) is 5.69 Å². The number of non-ortho nitro benzene ring substituents is 1. The van der Waals surface area contributed by atoms with Gasteiger partial charge < -0.3 is 0 Å². The summed E-state index contributed by atoms with van der Waals surface area (Å²) in [6, 6.07) is 6.46. The second kappa shape index (κ2) is 5.57. The minimum absolute atomic E-state index is 0.0372. The maximum Gasteiger partial charge on any atom is 0.270 e. The highest BCUT2D eigenvalue weighted by Crippen LogP contribution is 2.39. The van der Waals surface area contributed by atoms with Crippen LogP contribution in [-0.4, -0.2) is 24.5 Å². The van der Waals surface area contributed by atoms with Gasteiger partial charge in [-0.25, -0.2) is 4.98 Å². The topological polar surface area (TPSA) is 86.2 Å². The lowest BCUT2D eigenvalue weighted by molar-refractivity contribution is -0.384. The number of thiophene rings is 1. The van der Waals surface area contributed by atoms with Crippen LogP contribution in [0.5, 0.6) is 0 Å². The molecule has 5 rings (SSSR count). The molecule has 1 aliphatic carbocycles. The first-order chi connectivity index (χ1) is 12.6. The summed E-state index contributed by atoms with van der Waals surface area (Å²) in [4.78, 5) is 17.7. The molecule has 130 valence electrons. The van der Waals surface area contributed by atoms with Crippen LogP contribution < -0.4 is 0 Å². The first-order valence-electron chi connectivity index (χ1n) is 8.50. The van der Waals surface area contributed by atoms with Crippen molar-refractivity contribution in [1.82, 2.24) is 19.6 Å². The number of nitro benzene ring substituents is 1. The molecular weight excluding hydrogens is 350 g/mol. The molecule has 8 heteroatoms. The third-order valence-corrected chi connectivity index (χ3v) is 6.18. The molecule has 0 saturated heterocycles. The number of benzene rings is 1. The van der Waals surface area contributed by atoms with Crippen LogP contribution in [0.3, 0.4) is 0 Å². The molecule has 4 aromatic rings. The summed E-state index contributed by atoms with van der Waals surface area (Å²) < 4.78 is 1.84. The Morgan fingerprint density at radius 1 is 1.35 bits per heavy atom. The lowest BCUT2D eigenvalue weighted by Gasteiger charge is -2.17. The van der Waals surface area contributed by atoms with Crippen LogP contribution in [0.1, 0.15) is 23.8 Å². The molecule has 0 bridgehead atoms. The number of rotatable bonds is 2. The van der Waals surface area contributed by atoms with Crippen LogP contribution in [0.15, 0.2) is 30.6 Å². The molecule has 0 spiro atoms. The van der Waals surface area contributed by atoms with Gasteiger partial charge in [-0.3, -0.25) is 14.5 Å². The van der Waals surface area contributed by atoms with E-state index in [-0.39, 0.29) is 5.69 Å². The van der Waals surface area contributed by atoms with Gasteiger partial charge in [-0.05, 0) is 30.7 Å². The van der Waals surface area contributed by atoms with E-state index in [1.807, 2.05) is 4.40 Å². The van der Waals surface area contributed by atoms with Gasteiger partial charge in [-0.15, -0.1) is 21.5 Å². The monoisotopic (exact) mass is 365 g/mol. The van der Waals surface area contributed by atoms with E-state index >= 15 is 0 Å². The van der Waals surface area contributed by atoms with Gasteiger partial charge in [-0.2, -0.15) is 0 Å². The fourth-order valence-electron chi connectivity index (χ4n) is 3.69. The Balaban J connectivity index is 1.73. The molecule has 0 unspecified atom stereocenters. The smallest absolute Gasteiger partial charge is 0.265 e. The van der Waals surface area contributed by atoms with Crippen LogP contribution in [0, 0.1) is 16.0 Å². The van der Waals surface area contributed by atoms with E-state index in [0.29, 0.717) is 17.3 Å². The lowest BCUT2D eigenvalue weighted by Crippen LogP contribution is -2.08. The maximum absolute atomic E-state index is 11.1. The molecule has 0 saturated carbocycles. The molecule has 3 aromatic heterocycles. The summed E-state index contributed by atoms with van der Waals surface area (Å²) in [6.07, 6.45) is 5.02. The Morgan fingerprint density at radius 2 is 2.23 bits per heavy atom. The van der Waals surface area contributed by atoms with Crippen molar-refractivity contribution in [3.8, 4) is 11.4 Å².